The van der Waals surface area contributed by atoms with Crippen molar-refractivity contribution in [2.75, 3.05) is 6.54 Å². The third kappa shape index (κ3) is 3.19. The van der Waals surface area contributed by atoms with Gasteiger partial charge in [0, 0.05) is 13.1 Å². The Morgan fingerprint density at radius 2 is 1.68 bits per heavy atom. The molecule has 0 aliphatic rings. The summed E-state index contributed by atoms with van der Waals surface area (Å²) in [6.07, 6.45) is 0. The highest BCUT2D eigenvalue weighted by molar-refractivity contribution is 5.94. The minimum absolute atomic E-state index is 0.125. The van der Waals surface area contributed by atoms with E-state index in [1.54, 1.807) is 17.0 Å². The molecule has 2 nitrogen and oxygen atoms in total. The maximum atomic E-state index is 13.6. The minimum Gasteiger partial charge on any atom is -0.335 e. The second kappa shape index (κ2) is 6.14. The standard InChI is InChI=1S/C16H16FNO/c1-2-18(12-13-8-4-3-5-9-13)16(19)14-10-6-7-11-15(14)17/h3-11H,2,12H2,1H3. The molecular formula is C16H16FNO. The van der Waals surface area contributed by atoms with Gasteiger partial charge in [-0.1, -0.05) is 42.5 Å². The predicted octanol–water partition coefficient (Wildman–Crippen LogP) is 3.49. The summed E-state index contributed by atoms with van der Waals surface area (Å²) in [7, 11) is 0. The van der Waals surface area contributed by atoms with Crippen molar-refractivity contribution >= 4 is 5.91 Å². The van der Waals surface area contributed by atoms with Crippen LogP contribution < -0.4 is 0 Å². The molecule has 0 heterocycles. The molecule has 0 saturated carbocycles. The van der Waals surface area contributed by atoms with Gasteiger partial charge >= 0.3 is 0 Å². The van der Waals surface area contributed by atoms with Gasteiger partial charge in [0.15, 0.2) is 0 Å². The van der Waals surface area contributed by atoms with Gasteiger partial charge in [-0.25, -0.2) is 4.39 Å². The fraction of sp³-hybridized carbons (Fsp3) is 0.188. The van der Waals surface area contributed by atoms with Crippen LogP contribution in [0.3, 0.4) is 0 Å². The molecule has 2 aromatic rings. The molecule has 98 valence electrons. The highest BCUT2D eigenvalue weighted by Crippen LogP contribution is 2.12. The van der Waals surface area contributed by atoms with Crippen LogP contribution in [-0.2, 0) is 6.54 Å². The molecule has 0 fully saturated rings. The minimum atomic E-state index is -0.473. The van der Waals surface area contributed by atoms with Gasteiger partial charge in [0.25, 0.3) is 5.91 Å². The van der Waals surface area contributed by atoms with Crippen LogP contribution in [-0.4, -0.2) is 17.4 Å². The van der Waals surface area contributed by atoms with E-state index in [1.807, 2.05) is 37.3 Å². The van der Waals surface area contributed by atoms with Gasteiger partial charge in [0.2, 0.25) is 0 Å². The molecule has 0 aliphatic heterocycles. The molecular weight excluding hydrogens is 241 g/mol. The molecule has 0 atom stereocenters. The van der Waals surface area contributed by atoms with Gasteiger partial charge in [0.05, 0.1) is 5.56 Å². The molecule has 3 heteroatoms. The zero-order chi connectivity index (χ0) is 13.7. The Labute approximate surface area is 112 Å². The maximum absolute atomic E-state index is 13.6. The van der Waals surface area contributed by atoms with Crippen molar-refractivity contribution in [3.63, 3.8) is 0 Å². The van der Waals surface area contributed by atoms with Gasteiger partial charge in [0.1, 0.15) is 5.82 Å². The number of amides is 1. The monoisotopic (exact) mass is 257 g/mol. The topological polar surface area (TPSA) is 20.3 Å². The van der Waals surface area contributed by atoms with E-state index in [0.29, 0.717) is 13.1 Å². The van der Waals surface area contributed by atoms with Crippen molar-refractivity contribution in [3.8, 4) is 0 Å². The maximum Gasteiger partial charge on any atom is 0.257 e. The Bertz CT molecular complexity index is 554. The van der Waals surface area contributed by atoms with E-state index in [2.05, 4.69) is 0 Å². The number of rotatable bonds is 4. The number of hydrogen-bond acceptors (Lipinski definition) is 1. The highest BCUT2D eigenvalue weighted by Gasteiger charge is 2.17. The first kappa shape index (κ1) is 13.3. The average molecular weight is 257 g/mol. The Kier molecular flexibility index (Phi) is 4.29. The summed E-state index contributed by atoms with van der Waals surface area (Å²) >= 11 is 0. The van der Waals surface area contributed by atoms with E-state index in [1.165, 1.54) is 12.1 Å². The van der Waals surface area contributed by atoms with Crippen molar-refractivity contribution in [2.24, 2.45) is 0 Å². The number of carbonyl (C=O) groups excluding carboxylic acids is 1. The quantitative estimate of drug-likeness (QED) is 0.821. The summed E-state index contributed by atoms with van der Waals surface area (Å²) in [5.41, 5.74) is 1.16. The molecule has 19 heavy (non-hydrogen) atoms. The van der Waals surface area contributed by atoms with Gasteiger partial charge in [-0.05, 0) is 24.6 Å². The van der Waals surface area contributed by atoms with E-state index < -0.39 is 5.82 Å². The van der Waals surface area contributed by atoms with Crippen LogP contribution in [0.5, 0.6) is 0 Å². The van der Waals surface area contributed by atoms with Crippen molar-refractivity contribution in [2.45, 2.75) is 13.5 Å². The molecule has 0 aromatic heterocycles. The van der Waals surface area contributed by atoms with E-state index in [4.69, 9.17) is 0 Å². The van der Waals surface area contributed by atoms with Crippen LogP contribution in [0.25, 0.3) is 0 Å². The average Bonchev–Trinajstić information content (AvgIpc) is 2.46. The zero-order valence-electron chi connectivity index (χ0n) is 10.8. The molecule has 0 radical (unpaired) electrons. The van der Waals surface area contributed by atoms with Gasteiger partial charge < -0.3 is 4.90 Å². The second-order valence-electron chi connectivity index (χ2n) is 4.28. The van der Waals surface area contributed by atoms with Gasteiger partial charge in [-0.15, -0.1) is 0 Å². The van der Waals surface area contributed by atoms with Crippen molar-refractivity contribution in [1.82, 2.24) is 4.90 Å². The van der Waals surface area contributed by atoms with E-state index in [-0.39, 0.29) is 11.5 Å². The molecule has 0 saturated heterocycles. The number of halogens is 1. The summed E-state index contributed by atoms with van der Waals surface area (Å²) in [5.74, 6) is -0.747. The molecule has 2 aromatic carbocycles. The number of hydrogen-bond donors (Lipinski definition) is 0. The molecule has 0 spiro atoms. The third-order valence-corrected chi connectivity index (χ3v) is 2.99. The number of nitrogens with zero attached hydrogens (tertiary/aromatic N) is 1. The Morgan fingerprint density at radius 1 is 1.05 bits per heavy atom. The van der Waals surface area contributed by atoms with Crippen molar-refractivity contribution in [1.29, 1.82) is 0 Å². The van der Waals surface area contributed by atoms with Gasteiger partial charge in [-0.3, -0.25) is 4.79 Å². The Balaban J connectivity index is 2.18. The summed E-state index contributed by atoms with van der Waals surface area (Å²) < 4.78 is 13.6. The van der Waals surface area contributed by atoms with Crippen LogP contribution >= 0.6 is 0 Å². The summed E-state index contributed by atoms with van der Waals surface area (Å²) in [5, 5.41) is 0. The number of carbonyl (C=O) groups is 1. The highest BCUT2D eigenvalue weighted by atomic mass is 19.1. The van der Waals surface area contributed by atoms with E-state index in [0.717, 1.165) is 5.56 Å². The smallest absolute Gasteiger partial charge is 0.257 e. The van der Waals surface area contributed by atoms with Gasteiger partial charge in [-0.2, -0.15) is 0 Å². The predicted molar refractivity (Wildman–Crippen MR) is 73.3 cm³/mol. The molecule has 0 bridgehead atoms. The lowest BCUT2D eigenvalue weighted by Gasteiger charge is -2.21. The molecule has 0 aliphatic carbocycles. The molecule has 0 N–H and O–H groups in total. The fourth-order valence-electron chi connectivity index (χ4n) is 1.94. The first-order valence-corrected chi connectivity index (χ1v) is 6.30. The first-order chi connectivity index (χ1) is 9.22. The molecule has 1 amide bonds. The van der Waals surface area contributed by atoms with Crippen LogP contribution in [0.15, 0.2) is 54.6 Å². The lowest BCUT2D eigenvalue weighted by Crippen LogP contribution is -2.30. The SMILES string of the molecule is CCN(Cc1ccccc1)C(=O)c1ccccc1F. The second-order valence-corrected chi connectivity index (χ2v) is 4.28. The fourth-order valence-corrected chi connectivity index (χ4v) is 1.94. The summed E-state index contributed by atoms with van der Waals surface area (Å²) in [4.78, 5) is 13.9. The zero-order valence-corrected chi connectivity index (χ0v) is 10.8. The third-order valence-electron chi connectivity index (χ3n) is 2.99. The van der Waals surface area contributed by atoms with Crippen LogP contribution in [0.1, 0.15) is 22.8 Å². The molecule has 0 unspecified atom stereocenters. The Morgan fingerprint density at radius 3 is 2.32 bits per heavy atom. The number of benzene rings is 2. The molecule has 2 rings (SSSR count). The summed E-state index contributed by atoms with van der Waals surface area (Å²) in [6, 6.07) is 15.8. The Hall–Kier alpha value is -2.16. The van der Waals surface area contributed by atoms with E-state index >= 15 is 0 Å². The van der Waals surface area contributed by atoms with Crippen LogP contribution in [0, 0.1) is 5.82 Å². The van der Waals surface area contributed by atoms with Crippen LogP contribution in [0.2, 0.25) is 0 Å². The first-order valence-electron chi connectivity index (χ1n) is 6.30. The van der Waals surface area contributed by atoms with Crippen molar-refractivity contribution in [3.05, 3.63) is 71.5 Å². The lowest BCUT2D eigenvalue weighted by atomic mass is 10.1. The van der Waals surface area contributed by atoms with Crippen LogP contribution in [0.4, 0.5) is 4.39 Å². The van der Waals surface area contributed by atoms with E-state index in [9.17, 15) is 9.18 Å². The summed E-state index contributed by atoms with van der Waals surface area (Å²) in [6.45, 7) is 2.92. The normalized spacial score (nSPS) is 10.2. The largest absolute Gasteiger partial charge is 0.335 e. The lowest BCUT2D eigenvalue weighted by molar-refractivity contribution is 0.0748. The van der Waals surface area contributed by atoms with Crippen molar-refractivity contribution < 1.29 is 9.18 Å².